The molecule has 10 nitrogen and oxygen atoms in total. The van der Waals surface area contributed by atoms with E-state index in [1.807, 2.05) is 0 Å². The minimum Gasteiger partial charge on any atom is -0.360 e. The SMILES string of the molecule is Cc1cc(N(CCNS(=O)(=O)c2c(C)noc2C)S(C)(=O)=O)no1. The average molecular weight is 378 g/mol. The molecule has 24 heavy (non-hydrogen) atoms. The van der Waals surface area contributed by atoms with Crippen LogP contribution in [0.15, 0.2) is 20.0 Å². The summed E-state index contributed by atoms with van der Waals surface area (Å²) in [5.41, 5.74) is 0.229. The number of aryl methyl sites for hydroxylation is 3. The lowest BCUT2D eigenvalue weighted by Crippen LogP contribution is -2.38. The standard InChI is InChI=1S/C12H18N4O6S2/c1-8-7-11(15-21-8)16(23(4,17)18)6-5-13-24(19,20)12-9(2)14-22-10(12)3/h7,13H,5-6H2,1-4H3. The molecule has 2 aromatic rings. The molecular weight excluding hydrogens is 360 g/mol. The first-order chi connectivity index (χ1) is 11.0. The van der Waals surface area contributed by atoms with Gasteiger partial charge < -0.3 is 9.05 Å². The number of aromatic nitrogens is 2. The molecule has 0 spiro atoms. The Bertz CT molecular complexity index is 909. The molecule has 0 unspecified atom stereocenters. The van der Waals surface area contributed by atoms with Crippen molar-refractivity contribution in [3.8, 4) is 0 Å². The highest BCUT2D eigenvalue weighted by atomic mass is 32.2. The van der Waals surface area contributed by atoms with Crippen molar-refractivity contribution in [2.24, 2.45) is 0 Å². The monoisotopic (exact) mass is 378 g/mol. The molecule has 2 heterocycles. The highest BCUT2D eigenvalue weighted by molar-refractivity contribution is 7.92. The van der Waals surface area contributed by atoms with Crippen LogP contribution in [0.5, 0.6) is 0 Å². The summed E-state index contributed by atoms with van der Waals surface area (Å²) in [7, 11) is -7.52. The zero-order valence-electron chi connectivity index (χ0n) is 13.6. The van der Waals surface area contributed by atoms with Crippen molar-refractivity contribution >= 4 is 25.9 Å². The average Bonchev–Trinajstić information content (AvgIpc) is 3.00. The van der Waals surface area contributed by atoms with Gasteiger partial charge in [0.1, 0.15) is 16.3 Å². The maximum absolute atomic E-state index is 12.3. The largest absolute Gasteiger partial charge is 0.360 e. The summed E-state index contributed by atoms with van der Waals surface area (Å²) in [5, 5.41) is 7.24. The lowest BCUT2D eigenvalue weighted by atomic mass is 10.4. The van der Waals surface area contributed by atoms with Gasteiger partial charge in [-0.3, -0.25) is 0 Å². The number of nitrogens with zero attached hydrogens (tertiary/aromatic N) is 3. The number of nitrogens with one attached hydrogen (secondary N) is 1. The van der Waals surface area contributed by atoms with Crippen LogP contribution in [0, 0.1) is 20.8 Å². The molecule has 134 valence electrons. The highest BCUT2D eigenvalue weighted by Crippen LogP contribution is 2.19. The minimum atomic E-state index is -3.87. The number of hydrogen-bond acceptors (Lipinski definition) is 8. The van der Waals surface area contributed by atoms with E-state index in [1.165, 1.54) is 19.9 Å². The molecule has 2 rings (SSSR count). The Morgan fingerprint density at radius 3 is 2.25 bits per heavy atom. The second kappa shape index (κ2) is 6.53. The van der Waals surface area contributed by atoms with Gasteiger partial charge in [0.2, 0.25) is 20.0 Å². The van der Waals surface area contributed by atoms with Gasteiger partial charge >= 0.3 is 0 Å². The van der Waals surface area contributed by atoms with Crippen molar-refractivity contribution in [3.63, 3.8) is 0 Å². The first-order valence-corrected chi connectivity index (χ1v) is 10.2. The van der Waals surface area contributed by atoms with Gasteiger partial charge in [0.05, 0.1) is 6.26 Å². The summed E-state index contributed by atoms with van der Waals surface area (Å²) >= 11 is 0. The molecule has 1 N–H and O–H groups in total. The van der Waals surface area contributed by atoms with E-state index in [0.717, 1.165) is 10.6 Å². The first-order valence-electron chi connectivity index (χ1n) is 6.86. The summed E-state index contributed by atoms with van der Waals surface area (Å²) in [6.07, 6.45) is 1.000. The summed E-state index contributed by atoms with van der Waals surface area (Å²) in [4.78, 5) is -0.0503. The number of anilines is 1. The van der Waals surface area contributed by atoms with E-state index >= 15 is 0 Å². The van der Waals surface area contributed by atoms with E-state index < -0.39 is 20.0 Å². The van der Waals surface area contributed by atoms with E-state index in [2.05, 4.69) is 15.0 Å². The molecule has 0 aromatic carbocycles. The predicted molar refractivity (Wildman–Crippen MR) is 84.6 cm³/mol. The molecule has 0 aliphatic rings. The van der Waals surface area contributed by atoms with Gasteiger partial charge in [0.15, 0.2) is 11.6 Å². The zero-order chi connectivity index (χ0) is 18.1. The van der Waals surface area contributed by atoms with E-state index in [-0.39, 0.29) is 35.3 Å². The van der Waals surface area contributed by atoms with Crippen molar-refractivity contribution in [2.75, 3.05) is 23.7 Å². The minimum absolute atomic E-state index is 0.0503. The highest BCUT2D eigenvalue weighted by Gasteiger charge is 2.25. The van der Waals surface area contributed by atoms with Crippen LogP contribution in [-0.4, -0.2) is 46.5 Å². The Morgan fingerprint density at radius 1 is 1.12 bits per heavy atom. The summed E-state index contributed by atoms with van der Waals surface area (Å²) in [6.45, 7) is 4.30. The molecule has 0 bridgehead atoms. The number of sulfonamides is 2. The maximum atomic E-state index is 12.3. The Kier molecular flexibility index (Phi) is 5.01. The normalized spacial score (nSPS) is 12.5. The second-order valence-electron chi connectivity index (χ2n) is 5.18. The van der Waals surface area contributed by atoms with Crippen LogP contribution in [0.25, 0.3) is 0 Å². The van der Waals surface area contributed by atoms with Crippen molar-refractivity contribution in [3.05, 3.63) is 23.3 Å². The molecule has 0 radical (unpaired) electrons. The fraction of sp³-hybridized carbons (Fsp3) is 0.500. The van der Waals surface area contributed by atoms with Crippen LogP contribution in [0.4, 0.5) is 5.82 Å². The summed E-state index contributed by atoms with van der Waals surface area (Å²) in [6, 6.07) is 1.45. The van der Waals surface area contributed by atoms with Crippen LogP contribution in [0.3, 0.4) is 0 Å². The van der Waals surface area contributed by atoms with E-state index in [1.54, 1.807) is 6.92 Å². The quantitative estimate of drug-likeness (QED) is 0.728. The van der Waals surface area contributed by atoms with E-state index in [4.69, 9.17) is 9.05 Å². The lowest BCUT2D eigenvalue weighted by molar-refractivity contribution is 0.390. The van der Waals surface area contributed by atoms with E-state index in [9.17, 15) is 16.8 Å². The van der Waals surface area contributed by atoms with Crippen LogP contribution in [0.2, 0.25) is 0 Å². The predicted octanol–water partition coefficient (Wildman–Crippen LogP) is 0.332. The topological polar surface area (TPSA) is 136 Å². The Labute approximate surface area is 139 Å². The van der Waals surface area contributed by atoms with Crippen LogP contribution in [0.1, 0.15) is 17.2 Å². The summed E-state index contributed by atoms with van der Waals surface area (Å²) in [5.74, 6) is 0.689. The van der Waals surface area contributed by atoms with Gasteiger partial charge in [0, 0.05) is 19.2 Å². The number of hydrogen-bond donors (Lipinski definition) is 1. The fourth-order valence-electron chi connectivity index (χ4n) is 2.13. The third-order valence-electron chi connectivity index (χ3n) is 3.11. The molecule has 0 fully saturated rings. The first kappa shape index (κ1) is 18.4. The smallest absolute Gasteiger partial charge is 0.246 e. The van der Waals surface area contributed by atoms with Crippen LogP contribution < -0.4 is 9.03 Å². The Morgan fingerprint density at radius 2 is 1.79 bits per heavy atom. The molecule has 12 heteroatoms. The second-order valence-corrected chi connectivity index (χ2v) is 8.79. The van der Waals surface area contributed by atoms with Crippen LogP contribution in [-0.2, 0) is 20.0 Å². The molecule has 2 aromatic heterocycles. The third-order valence-corrected chi connectivity index (χ3v) is 5.99. The number of rotatable bonds is 7. The van der Waals surface area contributed by atoms with Crippen molar-refractivity contribution in [2.45, 2.75) is 25.7 Å². The molecule has 0 saturated carbocycles. The molecule has 0 aliphatic carbocycles. The van der Waals surface area contributed by atoms with E-state index in [0.29, 0.717) is 5.76 Å². The molecular formula is C12H18N4O6S2. The van der Waals surface area contributed by atoms with Gasteiger partial charge in [0.25, 0.3) is 0 Å². The molecule has 0 atom stereocenters. The fourth-order valence-corrected chi connectivity index (χ4v) is 4.33. The Hall–Kier alpha value is -1.92. The van der Waals surface area contributed by atoms with Gasteiger partial charge in [-0.2, -0.15) is 0 Å². The zero-order valence-corrected chi connectivity index (χ0v) is 15.2. The summed E-state index contributed by atoms with van der Waals surface area (Å²) < 4.78 is 61.3. The molecule has 0 saturated heterocycles. The van der Waals surface area contributed by atoms with Gasteiger partial charge in [-0.15, -0.1) is 0 Å². The maximum Gasteiger partial charge on any atom is 0.246 e. The van der Waals surface area contributed by atoms with Gasteiger partial charge in [-0.05, 0) is 20.8 Å². The van der Waals surface area contributed by atoms with Gasteiger partial charge in [-0.25, -0.2) is 25.9 Å². The molecule has 0 amide bonds. The molecule has 0 aliphatic heterocycles. The van der Waals surface area contributed by atoms with Crippen molar-refractivity contribution < 1.29 is 25.9 Å². The van der Waals surface area contributed by atoms with Gasteiger partial charge in [-0.1, -0.05) is 10.3 Å². The van der Waals surface area contributed by atoms with Crippen molar-refractivity contribution in [1.82, 2.24) is 15.0 Å². The Balaban J connectivity index is 2.14. The van der Waals surface area contributed by atoms with Crippen LogP contribution >= 0.6 is 0 Å². The third kappa shape index (κ3) is 3.94. The lowest BCUT2D eigenvalue weighted by Gasteiger charge is -2.19. The van der Waals surface area contributed by atoms with Crippen molar-refractivity contribution in [1.29, 1.82) is 0 Å².